The highest BCUT2D eigenvalue weighted by Gasteiger charge is 2.12. The Labute approximate surface area is 138 Å². The van der Waals surface area contributed by atoms with E-state index in [1.807, 2.05) is 62.5 Å². The van der Waals surface area contributed by atoms with Gasteiger partial charge in [-0.2, -0.15) is 5.10 Å². The first-order valence-electron chi connectivity index (χ1n) is 7.71. The molecule has 24 heavy (non-hydrogen) atoms. The van der Waals surface area contributed by atoms with Gasteiger partial charge in [0.25, 0.3) is 5.91 Å². The number of nitrogens with zero attached hydrogens (tertiary/aromatic N) is 3. The Morgan fingerprint density at radius 2 is 1.88 bits per heavy atom. The number of aryl methyl sites for hydroxylation is 2. The van der Waals surface area contributed by atoms with Gasteiger partial charge in [0.1, 0.15) is 0 Å². The van der Waals surface area contributed by atoms with E-state index in [1.165, 1.54) is 0 Å². The van der Waals surface area contributed by atoms with Crippen LogP contribution in [-0.2, 0) is 7.05 Å². The highest BCUT2D eigenvalue weighted by molar-refractivity contribution is 6.06. The maximum absolute atomic E-state index is 12.5. The van der Waals surface area contributed by atoms with Crippen LogP contribution in [0.1, 0.15) is 16.1 Å². The summed E-state index contributed by atoms with van der Waals surface area (Å²) < 4.78 is 1.72. The van der Waals surface area contributed by atoms with Crippen LogP contribution in [0.4, 0.5) is 5.69 Å². The minimum absolute atomic E-state index is 0.178. The Morgan fingerprint density at radius 1 is 1.08 bits per heavy atom. The molecule has 118 valence electrons. The Kier molecular flexibility index (Phi) is 3.27. The molecule has 4 rings (SSSR count). The molecule has 2 aromatic carbocycles. The summed E-state index contributed by atoms with van der Waals surface area (Å²) in [5.41, 5.74) is 2.92. The smallest absolute Gasteiger partial charge is 0.257 e. The number of pyridine rings is 1. The number of aromatic nitrogens is 3. The van der Waals surface area contributed by atoms with Crippen LogP contribution < -0.4 is 5.32 Å². The van der Waals surface area contributed by atoms with E-state index in [9.17, 15) is 4.79 Å². The van der Waals surface area contributed by atoms with Crippen molar-refractivity contribution in [3.05, 3.63) is 66.0 Å². The molecule has 2 aromatic heterocycles. The molecule has 1 amide bonds. The molecule has 1 N–H and O–H groups in total. The van der Waals surface area contributed by atoms with Gasteiger partial charge in [0.05, 0.1) is 11.3 Å². The van der Waals surface area contributed by atoms with Crippen LogP contribution in [0.2, 0.25) is 0 Å². The van der Waals surface area contributed by atoms with Crippen molar-refractivity contribution in [3.63, 3.8) is 0 Å². The van der Waals surface area contributed by atoms with Gasteiger partial charge in [-0.3, -0.25) is 9.48 Å². The summed E-state index contributed by atoms with van der Waals surface area (Å²) in [4.78, 5) is 16.9. The van der Waals surface area contributed by atoms with E-state index in [0.29, 0.717) is 5.56 Å². The normalized spacial score (nSPS) is 11.1. The zero-order chi connectivity index (χ0) is 16.7. The van der Waals surface area contributed by atoms with E-state index in [0.717, 1.165) is 33.2 Å². The minimum Gasteiger partial charge on any atom is -0.322 e. The van der Waals surface area contributed by atoms with Gasteiger partial charge in [-0.05, 0) is 35.9 Å². The van der Waals surface area contributed by atoms with Gasteiger partial charge in [-0.15, -0.1) is 0 Å². The van der Waals surface area contributed by atoms with Crippen LogP contribution >= 0.6 is 0 Å². The third-order valence-corrected chi connectivity index (χ3v) is 4.13. The van der Waals surface area contributed by atoms with E-state index in [2.05, 4.69) is 15.4 Å². The number of nitrogens with one attached hydrogen (secondary N) is 1. The zero-order valence-electron chi connectivity index (χ0n) is 13.4. The number of carbonyl (C=O) groups is 1. The van der Waals surface area contributed by atoms with E-state index < -0.39 is 0 Å². The molecule has 0 aliphatic rings. The van der Waals surface area contributed by atoms with Gasteiger partial charge >= 0.3 is 0 Å². The maximum atomic E-state index is 12.5. The second kappa shape index (κ2) is 5.45. The Bertz CT molecular complexity index is 1080. The van der Waals surface area contributed by atoms with Crippen LogP contribution in [-0.4, -0.2) is 20.7 Å². The molecular weight excluding hydrogens is 300 g/mol. The van der Waals surface area contributed by atoms with E-state index >= 15 is 0 Å². The summed E-state index contributed by atoms with van der Waals surface area (Å²) in [6.45, 7) is 1.91. The lowest BCUT2D eigenvalue weighted by Crippen LogP contribution is -2.12. The topological polar surface area (TPSA) is 59.8 Å². The van der Waals surface area contributed by atoms with Gasteiger partial charge in [-0.25, -0.2) is 4.98 Å². The zero-order valence-corrected chi connectivity index (χ0v) is 13.4. The third kappa shape index (κ3) is 2.40. The summed E-state index contributed by atoms with van der Waals surface area (Å²) in [5, 5.41) is 10.4. The first-order chi connectivity index (χ1) is 11.6. The highest BCUT2D eigenvalue weighted by Crippen LogP contribution is 2.21. The number of amides is 1. The van der Waals surface area contributed by atoms with Crippen LogP contribution in [0.25, 0.3) is 21.8 Å². The van der Waals surface area contributed by atoms with Crippen molar-refractivity contribution in [3.8, 4) is 0 Å². The lowest BCUT2D eigenvalue weighted by molar-refractivity contribution is 0.102. The molecule has 0 radical (unpaired) electrons. The molecule has 5 nitrogen and oxygen atoms in total. The summed E-state index contributed by atoms with van der Waals surface area (Å²) in [7, 11) is 1.84. The fraction of sp³-hybridized carbons (Fsp3) is 0.105. The maximum Gasteiger partial charge on any atom is 0.257 e. The molecule has 0 saturated carbocycles. The van der Waals surface area contributed by atoms with Crippen molar-refractivity contribution < 1.29 is 4.79 Å². The molecule has 0 aliphatic heterocycles. The minimum atomic E-state index is -0.178. The molecular formula is C19H16N4O. The number of anilines is 1. The van der Waals surface area contributed by atoms with Gasteiger partial charge in [0, 0.05) is 24.3 Å². The molecule has 0 fully saturated rings. The van der Waals surface area contributed by atoms with Crippen LogP contribution in [0.3, 0.4) is 0 Å². The van der Waals surface area contributed by atoms with Crippen LogP contribution in [0.15, 0.2) is 54.7 Å². The SMILES string of the molecule is Cc1nn(C)c2ncc(C(=O)Nc3ccc4ccccc4c3)cc12. The lowest BCUT2D eigenvalue weighted by atomic mass is 10.1. The van der Waals surface area contributed by atoms with Crippen molar-refractivity contribution in [2.75, 3.05) is 5.32 Å². The fourth-order valence-electron chi connectivity index (χ4n) is 2.90. The lowest BCUT2D eigenvalue weighted by Gasteiger charge is -2.07. The molecule has 0 bridgehead atoms. The molecule has 0 saturated heterocycles. The van der Waals surface area contributed by atoms with E-state index in [4.69, 9.17) is 0 Å². The molecule has 0 aliphatic carbocycles. The average molecular weight is 316 g/mol. The molecule has 0 unspecified atom stereocenters. The molecule has 0 atom stereocenters. The predicted octanol–water partition coefficient (Wildman–Crippen LogP) is 3.68. The molecule has 5 heteroatoms. The number of rotatable bonds is 2. The highest BCUT2D eigenvalue weighted by atomic mass is 16.1. The van der Waals surface area contributed by atoms with Gasteiger partial charge in [0.15, 0.2) is 5.65 Å². The number of hydrogen-bond acceptors (Lipinski definition) is 3. The van der Waals surface area contributed by atoms with Crippen molar-refractivity contribution in [2.24, 2.45) is 7.05 Å². The van der Waals surface area contributed by atoms with E-state index in [-0.39, 0.29) is 5.91 Å². The summed E-state index contributed by atoms with van der Waals surface area (Å²) in [6.07, 6.45) is 1.58. The number of hydrogen-bond donors (Lipinski definition) is 1. The van der Waals surface area contributed by atoms with Crippen molar-refractivity contribution in [2.45, 2.75) is 6.92 Å². The second-order valence-corrected chi connectivity index (χ2v) is 5.82. The monoisotopic (exact) mass is 316 g/mol. The first kappa shape index (κ1) is 14.4. The van der Waals surface area contributed by atoms with Crippen molar-refractivity contribution in [1.29, 1.82) is 0 Å². The summed E-state index contributed by atoms with van der Waals surface area (Å²) in [6, 6.07) is 15.8. The Hall–Kier alpha value is -3.21. The Balaban J connectivity index is 1.66. The number of carbonyl (C=O) groups excluding carboxylic acids is 1. The van der Waals surface area contributed by atoms with Crippen LogP contribution in [0.5, 0.6) is 0 Å². The van der Waals surface area contributed by atoms with Gasteiger partial charge < -0.3 is 5.32 Å². The van der Waals surface area contributed by atoms with E-state index in [1.54, 1.807) is 10.9 Å². The third-order valence-electron chi connectivity index (χ3n) is 4.13. The Morgan fingerprint density at radius 3 is 2.71 bits per heavy atom. The van der Waals surface area contributed by atoms with Crippen molar-refractivity contribution in [1.82, 2.24) is 14.8 Å². The molecule has 0 spiro atoms. The second-order valence-electron chi connectivity index (χ2n) is 5.82. The predicted molar refractivity (Wildman–Crippen MR) is 95.1 cm³/mol. The largest absolute Gasteiger partial charge is 0.322 e. The quantitative estimate of drug-likeness (QED) is 0.613. The first-order valence-corrected chi connectivity index (χ1v) is 7.71. The summed E-state index contributed by atoms with van der Waals surface area (Å²) in [5.74, 6) is -0.178. The standard InChI is InChI=1S/C19H16N4O/c1-12-17-10-15(11-20-18(17)23(2)22-12)19(24)21-16-8-7-13-5-3-4-6-14(13)9-16/h3-11H,1-2H3,(H,21,24). The van der Waals surface area contributed by atoms with Crippen molar-refractivity contribution >= 4 is 33.4 Å². The fourth-order valence-corrected chi connectivity index (χ4v) is 2.90. The van der Waals surface area contributed by atoms with Gasteiger partial charge in [-0.1, -0.05) is 30.3 Å². The molecule has 4 aromatic rings. The van der Waals surface area contributed by atoms with Crippen LogP contribution in [0, 0.1) is 6.92 Å². The number of benzene rings is 2. The average Bonchev–Trinajstić information content (AvgIpc) is 2.88. The van der Waals surface area contributed by atoms with Gasteiger partial charge in [0.2, 0.25) is 0 Å². The number of fused-ring (bicyclic) bond motifs is 2. The summed E-state index contributed by atoms with van der Waals surface area (Å²) >= 11 is 0. The molecule has 2 heterocycles.